The van der Waals surface area contributed by atoms with Gasteiger partial charge in [0.1, 0.15) is 10.8 Å². The summed E-state index contributed by atoms with van der Waals surface area (Å²) >= 11 is 1.56. The minimum absolute atomic E-state index is 0.202. The van der Waals surface area contributed by atoms with E-state index in [2.05, 4.69) is 22.4 Å². The number of aromatic nitrogens is 2. The van der Waals surface area contributed by atoms with Crippen LogP contribution in [0.3, 0.4) is 0 Å². The molecule has 2 rings (SSSR count). The second-order valence-corrected chi connectivity index (χ2v) is 4.95. The molecule has 1 unspecified atom stereocenters. The lowest BCUT2D eigenvalue weighted by molar-refractivity contribution is 0.414. The van der Waals surface area contributed by atoms with Crippen molar-refractivity contribution in [1.82, 2.24) is 10.2 Å². The average Bonchev–Trinajstić information content (AvgIpc) is 2.75. The average molecular weight is 249 g/mol. The van der Waals surface area contributed by atoms with E-state index < -0.39 is 0 Å². The fraction of sp³-hybridized carbons (Fsp3) is 0.333. The van der Waals surface area contributed by atoms with Crippen LogP contribution in [0.4, 0.5) is 5.13 Å². The van der Waals surface area contributed by atoms with Gasteiger partial charge in [-0.25, -0.2) is 0 Å². The first-order chi connectivity index (χ1) is 8.19. The highest BCUT2D eigenvalue weighted by Crippen LogP contribution is 2.23. The van der Waals surface area contributed by atoms with Crippen LogP contribution in [0.5, 0.6) is 5.75 Å². The maximum atomic E-state index is 5.13. The van der Waals surface area contributed by atoms with E-state index in [1.807, 2.05) is 31.2 Å². The maximum Gasteiger partial charge on any atom is 0.206 e. The Kier molecular flexibility index (Phi) is 3.58. The molecule has 17 heavy (non-hydrogen) atoms. The van der Waals surface area contributed by atoms with Crippen molar-refractivity contribution in [1.29, 1.82) is 0 Å². The smallest absolute Gasteiger partial charge is 0.206 e. The predicted molar refractivity (Wildman–Crippen MR) is 69.7 cm³/mol. The van der Waals surface area contributed by atoms with Crippen LogP contribution >= 0.6 is 11.3 Å². The summed E-state index contributed by atoms with van der Waals surface area (Å²) in [4.78, 5) is 0. The molecule has 1 heterocycles. The number of nitrogens with one attached hydrogen (secondary N) is 1. The fourth-order valence-corrected chi connectivity index (χ4v) is 2.19. The quantitative estimate of drug-likeness (QED) is 0.904. The van der Waals surface area contributed by atoms with Gasteiger partial charge in [-0.15, -0.1) is 10.2 Å². The minimum atomic E-state index is 0.202. The van der Waals surface area contributed by atoms with E-state index in [9.17, 15) is 0 Å². The van der Waals surface area contributed by atoms with Crippen LogP contribution in [0.1, 0.15) is 23.5 Å². The molecule has 0 fully saturated rings. The molecule has 1 N–H and O–H groups in total. The van der Waals surface area contributed by atoms with Gasteiger partial charge < -0.3 is 10.1 Å². The molecule has 1 atom stereocenters. The molecule has 2 aromatic rings. The summed E-state index contributed by atoms with van der Waals surface area (Å²) in [7, 11) is 1.67. The number of nitrogens with zero attached hydrogens (tertiary/aromatic N) is 2. The molecule has 1 aromatic heterocycles. The number of rotatable bonds is 4. The number of aryl methyl sites for hydroxylation is 1. The summed E-state index contributed by atoms with van der Waals surface area (Å²) in [6, 6.07) is 8.21. The van der Waals surface area contributed by atoms with Gasteiger partial charge in [-0.2, -0.15) is 0 Å². The minimum Gasteiger partial charge on any atom is -0.497 e. The zero-order chi connectivity index (χ0) is 12.3. The first-order valence-electron chi connectivity index (χ1n) is 5.39. The maximum absolute atomic E-state index is 5.13. The van der Waals surface area contributed by atoms with Crippen molar-refractivity contribution < 1.29 is 4.74 Å². The largest absolute Gasteiger partial charge is 0.497 e. The van der Waals surface area contributed by atoms with Crippen molar-refractivity contribution in [3.63, 3.8) is 0 Å². The number of anilines is 1. The highest BCUT2D eigenvalue weighted by molar-refractivity contribution is 7.15. The topological polar surface area (TPSA) is 47.0 Å². The standard InChI is InChI=1S/C12H15N3OS/c1-8(13-12-15-14-9(2)17-12)10-4-6-11(16-3)7-5-10/h4-8H,1-3H3,(H,13,15). The second kappa shape index (κ2) is 5.14. The normalized spacial score (nSPS) is 12.2. The molecule has 0 aliphatic rings. The Morgan fingerprint density at radius 3 is 2.47 bits per heavy atom. The third kappa shape index (κ3) is 2.94. The SMILES string of the molecule is COc1ccc(C(C)Nc2nnc(C)s2)cc1. The third-order valence-electron chi connectivity index (χ3n) is 2.48. The van der Waals surface area contributed by atoms with Crippen LogP contribution in [0.15, 0.2) is 24.3 Å². The van der Waals surface area contributed by atoms with E-state index in [0.29, 0.717) is 0 Å². The van der Waals surface area contributed by atoms with Crippen LogP contribution in [0.25, 0.3) is 0 Å². The molecule has 90 valence electrons. The second-order valence-electron chi connectivity index (χ2n) is 3.77. The van der Waals surface area contributed by atoms with E-state index in [4.69, 9.17) is 4.74 Å². The first-order valence-corrected chi connectivity index (χ1v) is 6.21. The molecule has 5 heteroatoms. The van der Waals surface area contributed by atoms with Crippen molar-refractivity contribution in [2.24, 2.45) is 0 Å². The molecule has 0 radical (unpaired) electrons. The molecule has 0 bridgehead atoms. The zero-order valence-electron chi connectivity index (χ0n) is 10.1. The van der Waals surface area contributed by atoms with E-state index in [1.54, 1.807) is 18.4 Å². The Bertz CT molecular complexity index is 481. The molecular formula is C12H15N3OS. The highest BCUT2D eigenvalue weighted by atomic mass is 32.1. The summed E-state index contributed by atoms with van der Waals surface area (Å²) in [5.41, 5.74) is 1.19. The predicted octanol–water partition coefficient (Wildman–Crippen LogP) is 3.03. The van der Waals surface area contributed by atoms with E-state index in [-0.39, 0.29) is 6.04 Å². The van der Waals surface area contributed by atoms with Crippen molar-refractivity contribution in [2.45, 2.75) is 19.9 Å². The summed E-state index contributed by atoms with van der Waals surface area (Å²) in [5.74, 6) is 0.868. The van der Waals surface area contributed by atoms with Gasteiger partial charge >= 0.3 is 0 Å². The Labute approximate surface area is 105 Å². The van der Waals surface area contributed by atoms with Gasteiger partial charge in [0.2, 0.25) is 5.13 Å². The van der Waals surface area contributed by atoms with Gasteiger partial charge in [-0.05, 0) is 31.5 Å². The summed E-state index contributed by atoms with van der Waals surface area (Å²) in [6.45, 7) is 4.04. The Hall–Kier alpha value is -1.62. The Morgan fingerprint density at radius 2 is 1.94 bits per heavy atom. The van der Waals surface area contributed by atoms with E-state index >= 15 is 0 Å². The number of ether oxygens (including phenoxy) is 1. The number of benzene rings is 1. The summed E-state index contributed by atoms with van der Waals surface area (Å²) in [5, 5.41) is 13.2. The van der Waals surface area contributed by atoms with E-state index in [0.717, 1.165) is 15.9 Å². The lowest BCUT2D eigenvalue weighted by atomic mass is 10.1. The van der Waals surface area contributed by atoms with E-state index in [1.165, 1.54) is 5.56 Å². The van der Waals surface area contributed by atoms with Crippen LogP contribution in [-0.2, 0) is 0 Å². The molecule has 0 spiro atoms. The van der Waals surface area contributed by atoms with Gasteiger partial charge in [0.15, 0.2) is 0 Å². The van der Waals surface area contributed by atoms with Crippen LogP contribution < -0.4 is 10.1 Å². The molecule has 4 nitrogen and oxygen atoms in total. The molecule has 1 aromatic carbocycles. The number of methoxy groups -OCH3 is 1. The van der Waals surface area contributed by atoms with Gasteiger partial charge in [0.05, 0.1) is 13.2 Å². The van der Waals surface area contributed by atoms with Crippen molar-refractivity contribution >= 4 is 16.5 Å². The van der Waals surface area contributed by atoms with Crippen LogP contribution in [-0.4, -0.2) is 17.3 Å². The molecule has 0 saturated carbocycles. The fourth-order valence-electron chi connectivity index (χ4n) is 1.52. The summed E-state index contributed by atoms with van der Waals surface area (Å²) in [6.07, 6.45) is 0. The monoisotopic (exact) mass is 249 g/mol. The first kappa shape index (κ1) is 11.9. The molecular weight excluding hydrogens is 234 g/mol. The van der Waals surface area contributed by atoms with Crippen molar-refractivity contribution in [3.8, 4) is 5.75 Å². The molecule has 0 aliphatic heterocycles. The van der Waals surface area contributed by atoms with Crippen LogP contribution in [0.2, 0.25) is 0 Å². The zero-order valence-corrected chi connectivity index (χ0v) is 10.9. The van der Waals surface area contributed by atoms with Gasteiger partial charge in [-0.3, -0.25) is 0 Å². The van der Waals surface area contributed by atoms with Gasteiger partial charge in [-0.1, -0.05) is 23.5 Å². The third-order valence-corrected chi connectivity index (χ3v) is 3.25. The highest BCUT2D eigenvalue weighted by Gasteiger charge is 2.08. The molecule has 0 saturated heterocycles. The number of hydrogen-bond donors (Lipinski definition) is 1. The molecule has 0 aliphatic carbocycles. The summed E-state index contributed by atoms with van der Waals surface area (Å²) < 4.78 is 5.13. The Balaban J connectivity index is 2.06. The van der Waals surface area contributed by atoms with Gasteiger partial charge in [0, 0.05) is 0 Å². The van der Waals surface area contributed by atoms with Crippen molar-refractivity contribution in [2.75, 3.05) is 12.4 Å². The lowest BCUT2D eigenvalue weighted by Gasteiger charge is -2.13. The van der Waals surface area contributed by atoms with Crippen LogP contribution in [0, 0.1) is 6.92 Å². The van der Waals surface area contributed by atoms with Crippen molar-refractivity contribution in [3.05, 3.63) is 34.8 Å². The lowest BCUT2D eigenvalue weighted by Crippen LogP contribution is -2.06. The molecule has 0 amide bonds. The Morgan fingerprint density at radius 1 is 1.24 bits per heavy atom. The number of hydrogen-bond acceptors (Lipinski definition) is 5. The van der Waals surface area contributed by atoms with Gasteiger partial charge in [0.25, 0.3) is 0 Å².